The predicted octanol–water partition coefficient (Wildman–Crippen LogP) is 2.44. The second-order valence-electron chi connectivity index (χ2n) is 2.78. The number of hydrogen-bond acceptors (Lipinski definition) is 2. The lowest BCUT2D eigenvalue weighted by atomic mass is 10.2. The SMILES string of the molecule is CCCCOC(=O)c1c[c]ccc1. The first-order chi connectivity index (χ1) is 6.34. The molecule has 0 aliphatic heterocycles. The molecule has 0 aliphatic carbocycles. The third-order valence-corrected chi connectivity index (χ3v) is 1.67. The number of unbranched alkanes of at least 4 members (excludes halogenated alkanes) is 1. The maximum Gasteiger partial charge on any atom is 0.338 e. The van der Waals surface area contributed by atoms with E-state index in [9.17, 15) is 4.79 Å². The van der Waals surface area contributed by atoms with Crippen molar-refractivity contribution in [1.82, 2.24) is 0 Å². The van der Waals surface area contributed by atoms with E-state index in [-0.39, 0.29) is 5.97 Å². The summed E-state index contributed by atoms with van der Waals surface area (Å²) in [6.45, 7) is 2.56. The van der Waals surface area contributed by atoms with Crippen molar-refractivity contribution in [2.24, 2.45) is 0 Å². The van der Waals surface area contributed by atoms with E-state index in [4.69, 9.17) is 4.74 Å². The molecule has 0 fully saturated rings. The van der Waals surface area contributed by atoms with Gasteiger partial charge in [-0.05, 0) is 24.6 Å². The molecule has 0 N–H and O–H groups in total. The van der Waals surface area contributed by atoms with Crippen molar-refractivity contribution in [3.05, 3.63) is 35.9 Å². The molecular weight excluding hydrogens is 164 g/mol. The van der Waals surface area contributed by atoms with Gasteiger partial charge in [0.2, 0.25) is 0 Å². The van der Waals surface area contributed by atoms with Crippen LogP contribution in [0, 0.1) is 6.07 Å². The minimum atomic E-state index is -0.259. The summed E-state index contributed by atoms with van der Waals surface area (Å²) in [6, 6.07) is 9.72. The Labute approximate surface area is 78.5 Å². The van der Waals surface area contributed by atoms with Crippen LogP contribution in [0.15, 0.2) is 24.3 Å². The van der Waals surface area contributed by atoms with Gasteiger partial charge >= 0.3 is 5.97 Å². The van der Waals surface area contributed by atoms with Crippen LogP contribution in [0.2, 0.25) is 0 Å². The average Bonchev–Trinajstić information content (AvgIpc) is 2.19. The molecule has 0 unspecified atom stereocenters. The minimum Gasteiger partial charge on any atom is -0.462 e. The summed E-state index contributed by atoms with van der Waals surface area (Å²) < 4.78 is 5.01. The van der Waals surface area contributed by atoms with Crippen molar-refractivity contribution >= 4 is 5.97 Å². The van der Waals surface area contributed by atoms with Gasteiger partial charge in [-0.15, -0.1) is 0 Å². The Kier molecular flexibility index (Phi) is 4.03. The van der Waals surface area contributed by atoms with E-state index in [0.717, 1.165) is 12.8 Å². The predicted molar refractivity (Wildman–Crippen MR) is 50.5 cm³/mol. The van der Waals surface area contributed by atoms with E-state index >= 15 is 0 Å². The minimum absolute atomic E-state index is 0.259. The molecule has 0 amide bonds. The van der Waals surface area contributed by atoms with E-state index in [0.29, 0.717) is 12.2 Å². The van der Waals surface area contributed by atoms with Crippen LogP contribution in [-0.4, -0.2) is 12.6 Å². The first-order valence-corrected chi connectivity index (χ1v) is 4.48. The Morgan fingerprint density at radius 3 is 3.08 bits per heavy atom. The fourth-order valence-electron chi connectivity index (χ4n) is 0.913. The van der Waals surface area contributed by atoms with Gasteiger partial charge in [-0.1, -0.05) is 25.5 Å². The first-order valence-electron chi connectivity index (χ1n) is 4.48. The van der Waals surface area contributed by atoms with Crippen LogP contribution < -0.4 is 0 Å². The summed E-state index contributed by atoms with van der Waals surface area (Å²) in [5, 5.41) is 0. The zero-order chi connectivity index (χ0) is 9.52. The van der Waals surface area contributed by atoms with Gasteiger partial charge in [0.1, 0.15) is 0 Å². The number of carbonyl (C=O) groups excluding carboxylic acids is 1. The molecule has 0 atom stereocenters. The highest BCUT2D eigenvalue weighted by molar-refractivity contribution is 5.89. The molecule has 69 valence electrons. The van der Waals surface area contributed by atoms with Crippen LogP contribution in [0.4, 0.5) is 0 Å². The number of ether oxygens (including phenoxy) is 1. The third kappa shape index (κ3) is 3.28. The van der Waals surface area contributed by atoms with Crippen LogP contribution in [0.1, 0.15) is 30.1 Å². The lowest BCUT2D eigenvalue weighted by Crippen LogP contribution is -2.05. The van der Waals surface area contributed by atoms with Crippen LogP contribution >= 0.6 is 0 Å². The van der Waals surface area contributed by atoms with Gasteiger partial charge in [-0.2, -0.15) is 0 Å². The summed E-state index contributed by atoms with van der Waals surface area (Å²) in [5.41, 5.74) is 0.568. The van der Waals surface area contributed by atoms with Gasteiger partial charge in [-0.3, -0.25) is 0 Å². The van der Waals surface area contributed by atoms with Crippen molar-refractivity contribution in [2.45, 2.75) is 19.8 Å². The Balaban J connectivity index is 2.40. The zero-order valence-electron chi connectivity index (χ0n) is 7.75. The third-order valence-electron chi connectivity index (χ3n) is 1.67. The monoisotopic (exact) mass is 177 g/mol. The van der Waals surface area contributed by atoms with Crippen molar-refractivity contribution in [3.63, 3.8) is 0 Å². The maximum atomic E-state index is 11.3. The lowest BCUT2D eigenvalue weighted by Gasteiger charge is -2.02. The number of esters is 1. The second-order valence-corrected chi connectivity index (χ2v) is 2.78. The molecule has 1 rings (SSSR count). The summed E-state index contributed by atoms with van der Waals surface area (Å²) in [6.07, 6.45) is 1.95. The van der Waals surface area contributed by atoms with Gasteiger partial charge in [-0.25, -0.2) is 4.79 Å². The smallest absolute Gasteiger partial charge is 0.338 e. The van der Waals surface area contributed by atoms with Crippen molar-refractivity contribution in [2.75, 3.05) is 6.61 Å². The van der Waals surface area contributed by atoms with Crippen molar-refractivity contribution in [1.29, 1.82) is 0 Å². The molecule has 0 saturated heterocycles. The lowest BCUT2D eigenvalue weighted by molar-refractivity contribution is 0.0499. The van der Waals surface area contributed by atoms with Crippen molar-refractivity contribution < 1.29 is 9.53 Å². The largest absolute Gasteiger partial charge is 0.462 e. The fourth-order valence-corrected chi connectivity index (χ4v) is 0.913. The summed E-state index contributed by atoms with van der Waals surface area (Å²) in [4.78, 5) is 11.3. The molecule has 0 aliphatic rings. The maximum absolute atomic E-state index is 11.3. The molecule has 1 aromatic rings. The molecule has 0 bridgehead atoms. The molecule has 0 aromatic heterocycles. The number of benzene rings is 1. The van der Waals surface area contributed by atoms with E-state index in [1.54, 1.807) is 24.3 Å². The molecule has 13 heavy (non-hydrogen) atoms. The van der Waals surface area contributed by atoms with Gasteiger partial charge in [0, 0.05) is 0 Å². The quantitative estimate of drug-likeness (QED) is 0.521. The topological polar surface area (TPSA) is 26.3 Å². The number of carbonyl (C=O) groups is 1. The summed E-state index contributed by atoms with van der Waals surface area (Å²) in [5.74, 6) is -0.259. The van der Waals surface area contributed by atoms with E-state index in [2.05, 4.69) is 13.0 Å². The van der Waals surface area contributed by atoms with Crippen molar-refractivity contribution in [3.8, 4) is 0 Å². The average molecular weight is 177 g/mol. The summed E-state index contributed by atoms with van der Waals surface area (Å²) in [7, 11) is 0. The zero-order valence-corrected chi connectivity index (χ0v) is 7.75. The van der Waals surface area contributed by atoms with Crippen LogP contribution in [0.5, 0.6) is 0 Å². The number of rotatable bonds is 4. The highest BCUT2D eigenvalue weighted by Gasteiger charge is 2.04. The molecule has 1 radical (unpaired) electrons. The first kappa shape index (κ1) is 9.78. The Morgan fingerprint density at radius 2 is 2.46 bits per heavy atom. The molecule has 0 heterocycles. The fraction of sp³-hybridized carbons (Fsp3) is 0.364. The molecule has 1 aromatic carbocycles. The summed E-state index contributed by atoms with van der Waals surface area (Å²) >= 11 is 0. The van der Waals surface area contributed by atoms with Gasteiger partial charge < -0.3 is 4.74 Å². The van der Waals surface area contributed by atoms with Crippen LogP contribution in [0.25, 0.3) is 0 Å². The molecule has 0 saturated carbocycles. The normalized spacial score (nSPS) is 9.62. The van der Waals surface area contributed by atoms with Crippen LogP contribution in [0.3, 0.4) is 0 Å². The molecule has 2 heteroatoms. The van der Waals surface area contributed by atoms with Crippen LogP contribution in [-0.2, 0) is 4.74 Å². The Bertz CT molecular complexity index is 254. The van der Waals surface area contributed by atoms with Gasteiger partial charge in [0.25, 0.3) is 0 Å². The standard InChI is InChI=1S/C11H13O2/c1-2-3-9-13-11(12)10-7-5-4-6-8-10/h4-5,7-8H,2-3,9H2,1H3. The highest BCUT2D eigenvalue weighted by atomic mass is 16.5. The second kappa shape index (κ2) is 5.36. The van der Waals surface area contributed by atoms with E-state index in [1.807, 2.05) is 0 Å². The molecule has 0 spiro atoms. The van der Waals surface area contributed by atoms with Gasteiger partial charge in [0.15, 0.2) is 0 Å². The number of hydrogen-bond donors (Lipinski definition) is 0. The molecule has 2 nitrogen and oxygen atoms in total. The molecular formula is C11H13O2. The Hall–Kier alpha value is -1.31. The van der Waals surface area contributed by atoms with E-state index in [1.165, 1.54) is 0 Å². The van der Waals surface area contributed by atoms with Gasteiger partial charge in [0.05, 0.1) is 12.2 Å². The van der Waals surface area contributed by atoms with E-state index < -0.39 is 0 Å². The Morgan fingerprint density at radius 1 is 1.62 bits per heavy atom. The highest BCUT2D eigenvalue weighted by Crippen LogP contribution is 2.01.